The Labute approximate surface area is 139 Å². The third-order valence-corrected chi connectivity index (χ3v) is 3.29. The third kappa shape index (κ3) is 5.95. The van der Waals surface area contributed by atoms with Crippen LogP contribution in [0, 0.1) is 6.92 Å². The monoisotopic (exact) mass is 352 g/mol. The Morgan fingerprint density at radius 3 is 2.42 bits per heavy atom. The second-order valence-corrected chi connectivity index (χ2v) is 5.88. The lowest BCUT2D eigenvalue weighted by Gasteiger charge is -2.05. The molecule has 0 aromatic heterocycles. The van der Waals surface area contributed by atoms with Crippen LogP contribution in [0.25, 0.3) is 0 Å². The molecule has 0 heterocycles. The standard InChI is InChI=1S/C15H16N2O6S/c1-11-2-7-15(18)14(10-11)17-16-12-3-5-13(6-4-12)22-8-9-23-24(19,20)21/h2-7,10,18H,8-9H2,1H3,(H,19,20,21). The summed E-state index contributed by atoms with van der Waals surface area (Å²) in [6.07, 6.45) is 0. The van der Waals surface area contributed by atoms with Gasteiger partial charge >= 0.3 is 10.4 Å². The molecular weight excluding hydrogens is 336 g/mol. The molecule has 0 unspecified atom stereocenters. The van der Waals surface area contributed by atoms with Gasteiger partial charge in [-0.3, -0.25) is 4.55 Å². The lowest BCUT2D eigenvalue weighted by atomic mass is 10.2. The average molecular weight is 352 g/mol. The Balaban J connectivity index is 1.92. The van der Waals surface area contributed by atoms with E-state index in [4.69, 9.17) is 9.29 Å². The van der Waals surface area contributed by atoms with Gasteiger partial charge in [0.05, 0.1) is 5.69 Å². The number of aryl methyl sites for hydroxylation is 1. The first kappa shape index (κ1) is 17.9. The first-order valence-corrected chi connectivity index (χ1v) is 8.26. The Hall–Kier alpha value is -2.49. The highest BCUT2D eigenvalue weighted by Gasteiger charge is 2.04. The van der Waals surface area contributed by atoms with Crippen LogP contribution < -0.4 is 4.74 Å². The fourth-order valence-corrected chi connectivity index (χ4v) is 2.01. The molecule has 0 fully saturated rings. The number of phenols is 1. The number of azo groups is 1. The van der Waals surface area contributed by atoms with Crippen LogP contribution in [0.2, 0.25) is 0 Å². The predicted octanol–water partition coefficient (Wildman–Crippen LogP) is 3.31. The molecule has 2 rings (SSSR count). The van der Waals surface area contributed by atoms with Crippen molar-refractivity contribution in [2.75, 3.05) is 13.2 Å². The minimum atomic E-state index is -4.45. The molecule has 2 aromatic carbocycles. The van der Waals surface area contributed by atoms with Crippen molar-refractivity contribution in [2.24, 2.45) is 10.2 Å². The maximum atomic E-state index is 10.4. The van der Waals surface area contributed by atoms with Gasteiger partial charge in [-0.05, 0) is 48.9 Å². The fraction of sp³-hybridized carbons (Fsp3) is 0.200. The number of hydrogen-bond acceptors (Lipinski definition) is 7. The lowest BCUT2D eigenvalue weighted by Crippen LogP contribution is -2.11. The molecule has 2 N–H and O–H groups in total. The van der Waals surface area contributed by atoms with Crippen LogP contribution in [-0.4, -0.2) is 31.3 Å². The number of benzene rings is 2. The second kappa shape index (κ2) is 7.86. The van der Waals surface area contributed by atoms with Crippen LogP contribution in [0.5, 0.6) is 11.5 Å². The van der Waals surface area contributed by atoms with E-state index >= 15 is 0 Å². The van der Waals surface area contributed by atoms with Crippen molar-refractivity contribution in [3.63, 3.8) is 0 Å². The van der Waals surface area contributed by atoms with Crippen LogP contribution in [0.15, 0.2) is 52.7 Å². The summed E-state index contributed by atoms with van der Waals surface area (Å²) < 4.78 is 38.5. The molecule has 0 aliphatic carbocycles. The SMILES string of the molecule is Cc1ccc(O)c(N=Nc2ccc(OCCOS(=O)(=O)O)cc2)c1. The van der Waals surface area contributed by atoms with Crippen molar-refractivity contribution in [1.82, 2.24) is 0 Å². The van der Waals surface area contributed by atoms with E-state index in [-0.39, 0.29) is 19.0 Å². The first-order chi connectivity index (χ1) is 11.3. The van der Waals surface area contributed by atoms with Crippen LogP contribution in [0.1, 0.15) is 5.56 Å². The summed E-state index contributed by atoms with van der Waals surface area (Å²) in [7, 11) is -4.45. The van der Waals surface area contributed by atoms with Crippen molar-refractivity contribution in [2.45, 2.75) is 6.92 Å². The van der Waals surface area contributed by atoms with Gasteiger partial charge in [0.25, 0.3) is 0 Å². The van der Waals surface area contributed by atoms with Gasteiger partial charge in [0.2, 0.25) is 0 Å². The maximum absolute atomic E-state index is 10.4. The zero-order chi connectivity index (χ0) is 17.6. The molecule has 0 radical (unpaired) electrons. The number of phenolic OH excluding ortho intramolecular Hbond substituents is 1. The Bertz CT molecular complexity index is 818. The fourth-order valence-electron chi connectivity index (χ4n) is 1.73. The zero-order valence-electron chi connectivity index (χ0n) is 12.8. The molecule has 128 valence electrons. The van der Waals surface area contributed by atoms with Gasteiger partial charge in [-0.15, -0.1) is 5.11 Å². The number of nitrogens with zero attached hydrogens (tertiary/aromatic N) is 2. The number of rotatable bonds is 7. The van der Waals surface area contributed by atoms with Gasteiger partial charge < -0.3 is 9.84 Å². The summed E-state index contributed by atoms with van der Waals surface area (Å²) in [5, 5.41) is 17.7. The zero-order valence-corrected chi connectivity index (χ0v) is 13.6. The maximum Gasteiger partial charge on any atom is 0.397 e. The molecule has 9 heteroatoms. The van der Waals surface area contributed by atoms with E-state index in [0.29, 0.717) is 17.1 Å². The predicted molar refractivity (Wildman–Crippen MR) is 86.5 cm³/mol. The smallest absolute Gasteiger partial charge is 0.397 e. The first-order valence-electron chi connectivity index (χ1n) is 6.89. The van der Waals surface area contributed by atoms with Crippen LogP contribution in [-0.2, 0) is 14.6 Å². The van der Waals surface area contributed by atoms with Crippen LogP contribution in [0.3, 0.4) is 0 Å². The van der Waals surface area contributed by atoms with E-state index < -0.39 is 10.4 Å². The quantitative estimate of drug-likeness (QED) is 0.448. The molecule has 0 aliphatic rings. The average Bonchev–Trinajstić information content (AvgIpc) is 2.53. The molecule has 2 aromatic rings. The highest BCUT2D eigenvalue weighted by atomic mass is 32.3. The van der Waals surface area contributed by atoms with E-state index in [1.165, 1.54) is 0 Å². The summed E-state index contributed by atoms with van der Waals surface area (Å²) in [6, 6.07) is 11.6. The van der Waals surface area contributed by atoms with Gasteiger partial charge in [-0.1, -0.05) is 6.07 Å². The normalized spacial score (nSPS) is 11.8. The summed E-state index contributed by atoms with van der Waals surface area (Å²) >= 11 is 0. The van der Waals surface area contributed by atoms with E-state index in [9.17, 15) is 13.5 Å². The molecule has 0 amide bonds. The van der Waals surface area contributed by atoms with Gasteiger partial charge in [0.1, 0.15) is 30.4 Å². The molecule has 0 spiro atoms. The van der Waals surface area contributed by atoms with E-state index in [1.54, 1.807) is 42.5 Å². The largest absolute Gasteiger partial charge is 0.506 e. The number of ether oxygens (including phenoxy) is 1. The topological polar surface area (TPSA) is 118 Å². The Morgan fingerprint density at radius 1 is 1.04 bits per heavy atom. The summed E-state index contributed by atoms with van der Waals surface area (Å²) in [6.45, 7) is 1.54. The highest BCUT2D eigenvalue weighted by Crippen LogP contribution is 2.29. The Kier molecular flexibility index (Phi) is 5.85. The van der Waals surface area contributed by atoms with Crippen molar-refractivity contribution in [3.05, 3.63) is 48.0 Å². The molecule has 8 nitrogen and oxygen atoms in total. The van der Waals surface area contributed by atoms with Crippen molar-refractivity contribution < 1.29 is 27.0 Å². The van der Waals surface area contributed by atoms with Crippen LogP contribution >= 0.6 is 0 Å². The van der Waals surface area contributed by atoms with Gasteiger partial charge in [0, 0.05) is 0 Å². The lowest BCUT2D eigenvalue weighted by molar-refractivity contribution is 0.202. The van der Waals surface area contributed by atoms with E-state index in [1.807, 2.05) is 6.92 Å². The van der Waals surface area contributed by atoms with Crippen molar-refractivity contribution in [3.8, 4) is 11.5 Å². The molecule has 0 bridgehead atoms. The van der Waals surface area contributed by atoms with Gasteiger partial charge in [-0.2, -0.15) is 13.5 Å². The third-order valence-electron chi connectivity index (χ3n) is 2.83. The van der Waals surface area contributed by atoms with E-state index in [2.05, 4.69) is 14.4 Å². The van der Waals surface area contributed by atoms with Gasteiger partial charge in [-0.25, -0.2) is 4.18 Å². The molecule has 0 atom stereocenters. The summed E-state index contributed by atoms with van der Waals surface area (Å²) in [5.74, 6) is 0.523. The van der Waals surface area contributed by atoms with Crippen molar-refractivity contribution in [1.29, 1.82) is 0 Å². The molecular formula is C15H16N2O6S. The number of aromatic hydroxyl groups is 1. The minimum Gasteiger partial charge on any atom is -0.506 e. The second-order valence-electron chi connectivity index (χ2n) is 4.78. The van der Waals surface area contributed by atoms with E-state index in [0.717, 1.165) is 5.56 Å². The van der Waals surface area contributed by atoms with Crippen molar-refractivity contribution >= 4 is 21.8 Å². The molecule has 0 saturated heterocycles. The summed E-state index contributed by atoms with van der Waals surface area (Å²) in [4.78, 5) is 0. The molecule has 24 heavy (non-hydrogen) atoms. The highest BCUT2D eigenvalue weighted by molar-refractivity contribution is 7.80. The summed E-state index contributed by atoms with van der Waals surface area (Å²) in [5.41, 5.74) is 1.88. The molecule has 0 saturated carbocycles. The van der Waals surface area contributed by atoms with Crippen LogP contribution in [0.4, 0.5) is 11.4 Å². The van der Waals surface area contributed by atoms with Gasteiger partial charge in [0.15, 0.2) is 0 Å². The molecule has 0 aliphatic heterocycles. The Morgan fingerprint density at radius 2 is 1.75 bits per heavy atom. The number of hydrogen-bond donors (Lipinski definition) is 2. The minimum absolute atomic E-state index is 0.0438.